The van der Waals surface area contributed by atoms with Crippen molar-refractivity contribution in [2.24, 2.45) is 0 Å². The van der Waals surface area contributed by atoms with Crippen molar-refractivity contribution in [2.45, 2.75) is 26.3 Å². The first-order valence-corrected chi connectivity index (χ1v) is 7.67. The van der Waals surface area contributed by atoms with Crippen molar-refractivity contribution in [3.63, 3.8) is 0 Å². The van der Waals surface area contributed by atoms with E-state index >= 15 is 0 Å². The van der Waals surface area contributed by atoms with Crippen LogP contribution in [0.15, 0.2) is 54.6 Å². The van der Waals surface area contributed by atoms with Crippen LogP contribution in [-0.4, -0.2) is 26.0 Å². The summed E-state index contributed by atoms with van der Waals surface area (Å²) in [5.74, 6) is 0.599. The topological polar surface area (TPSA) is 60.7 Å². The lowest BCUT2D eigenvalue weighted by Crippen LogP contribution is -2.15. The molecule has 0 fully saturated rings. The van der Waals surface area contributed by atoms with Crippen molar-refractivity contribution in [2.75, 3.05) is 0 Å². The minimum atomic E-state index is 0.0569. The Morgan fingerprint density at radius 3 is 2.43 bits per heavy atom. The van der Waals surface area contributed by atoms with E-state index in [0.717, 1.165) is 17.5 Å². The lowest BCUT2D eigenvalue weighted by molar-refractivity contribution is -0.119. The van der Waals surface area contributed by atoms with Gasteiger partial charge in [0.15, 0.2) is 5.78 Å². The molecule has 23 heavy (non-hydrogen) atoms. The van der Waals surface area contributed by atoms with Gasteiger partial charge in [0.2, 0.25) is 5.82 Å². The van der Waals surface area contributed by atoms with Crippen molar-refractivity contribution >= 4 is 5.78 Å². The van der Waals surface area contributed by atoms with Crippen LogP contribution in [0.4, 0.5) is 0 Å². The molecule has 0 amide bonds. The van der Waals surface area contributed by atoms with Gasteiger partial charge in [-0.3, -0.25) is 4.79 Å². The van der Waals surface area contributed by atoms with Gasteiger partial charge in [-0.1, -0.05) is 61.5 Å². The molecule has 2 aromatic carbocycles. The predicted octanol–water partition coefficient (Wildman–Crippen LogP) is 2.71. The first-order valence-electron chi connectivity index (χ1n) is 7.67. The number of rotatable bonds is 6. The van der Waals surface area contributed by atoms with E-state index in [4.69, 9.17) is 0 Å². The van der Waals surface area contributed by atoms with Crippen LogP contribution < -0.4 is 0 Å². The quantitative estimate of drug-likeness (QED) is 0.702. The van der Waals surface area contributed by atoms with Gasteiger partial charge >= 0.3 is 0 Å². The molecule has 0 bridgehead atoms. The molecule has 1 heterocycles. The van der Waals surface area contributed by atoms with Crippen LogP contribution in [0.2, 0.25) is 0 Å². The van der Waals surface area contributed by atoms with Gasteiger partial charge in [-0.25, -0.2) is 0 Å². The molecule has 116 valence electrons. The SMILES string of the molecule is CCc1ccc(-c2nnn(CC(=O)Cc3ccccc3)n2)cc1. The fourth-order valence-electron chi connectivity index (χ4n) is 2.35. The molecule has 5 nitrogen and oxygen atoms in total. The summed E-state index contributed by atoms with van der Waals surface area (Å²) in [7, 11) is 0. The average molecular weight is 306 g/mol. The number of ketones is 1. The molecule has 0 unspecified atom stereocenters. The molecular formula is C18H18N4O. The van der Waals surface area contributed by atoms with Crippen LogP contribution >= 0.6 is 0 Å². The maximum atomic E-state index is 12.1. The maximum Gasteiger partial charge on any atom is 0.204 e. The second-order valence-corrected chi connectivity index (χ2v) is 5.39. The molecule has 0 aliphatic carbocycles. The lowest BCUT2D eigenvalue weighted by Gasteiger charge is -2.00. The van der Waals surface area contributed by atoms with Gasteiger partial charge in [-0.05, 0) is 22.8 Å². The Labute approximate surface area is 135 Å². The fourth-order valence-corrected chi connectivity index (χ4v) is 2.35. The van der Waals surface area contributed by atoms with E-state index in [0.29, 0.717) is 12.2 Å². The van der Waals surface area contributed by atoms with Crippen LogP contribution in [0.5, 0.6) is 0 Å². The predicted molar refractivity (Wildman–Crippen MR) is 87.8 cm³/mol. The van der Waals surface area contributed by atoms with E-state index in [2.05, 4.69) is 34.5 Å². The third kappa shape index (κ3) is 3.88. The number of nitrogens with zero attached hydrogens (tertiary/aromatic N) is 4. The minimum Gasteiger partial charge on any atom is -0.297 e. The third-order valence-electron chi connectivity index (χ3n) is 3.64. The first kappa shape index (κ1) is 15.1. The van der Waals surface area contributed by atoms with Gasteiger partial charge in [0.05, 0.1) is 0 Å². The second-order valence-electron chi connectivity index (χ2n) is 5.39. The highest BCUT2D eigenvalue weighted by Gasteiger charge is 2.10. The molecule has 0 N–H and O–H groups in total. The van der Waals surface area contributed by atoms with Gasteiger partial charge in [0.1, 0.15) is 6.54 Å². The van der Waals surface area contributed by atoms with Crippen LogP contribution in [0.3, 0.4) is 0 Å². The number of aromatic nitrogens is 4. The van der Waals surface area contributed by atoms with Gasteiger partial charge < -0.3 is 0 Å². The molecule has 0 aliphatic heterocycles. The summed E-state index contributed by atoms with van der Waals surface area (Å²) in [4.78, 5) is 13.4. The highest BCUT2D eigenvalue weighted by atomic mass is 16.1. The van der Waals surface area contributed by atoms with E-state index in [1.165, 1.54) is 10.4 Å². The molecule has 3 aromatic rings. The molecule has 0 aliphatic rings. The van der Waals surface area contributed by atoms with Crippen molar-refractivity contribution in [1.29, 1.82) is 0 Å². The van der Waals surface area contributed by atoms with Gasteiger partial charge in [0, 0.05) is 12.0 Å². The molecular weight excluding hydrogens is 288 g/mol. The summed E-state index contributed by atoms with van der Waals surface area (Å²) in [6.07, 6.45) is 1.37. The van der Waals surface area contributed by atoms with Crippen molar-refractivity contribution in [3.8, 4) is 11.4 Å². The number of tetrazole rings is 1. The Kier molecular flexibility index (Phi) is 4.57. The number of aryl methyl sites for hydroxylation is 1. The van der Waals surface area contributed by atoms with Gasteiger partial charge in [-0.15, -0.1) is 10.2 Å². The summed E-state index contributed by atoms with van der Waals surface area (Å²) in [6.45, 7) is 2.25. The second kappa shape index (κ2) is 6.96. The zero-order chi connectivity index (χ0) is 16.1. The van der Waals surface area contributed by atoms with Crippen molar-refractivity contribution in [1.82, 2.24) is 20.2 Å². The third-order valence-corrected chi connectivity index (χ3v) is 3.64. The highest BCUT2D eigenvalue weighted by Crippen LogP contribution is 2.14. The number of hydrogen-bond donors (Lipinski definition) is 0. The Morgan fingerprint density at radius 2 is 1.74 bits per heavy atom. The van der Waals surface area contributed by atoms with Gasteiger partial charge in [-0.2, -0.15) is 4.80 Å². The molecule has 1 aromatic heterocycles. The van der Waals surface area contributed by atoms with Gasteiger partial charge in [0.25, 0.3) is 0 Å². The van der Waals surface area contributed by atoms with E-state index < -0.39 is 0 Å². The summed E-state index contributed by atoms with van der Waals surface area (Å²) in [6, 6.07) is 17.7. The summed E-state index contributed by atoms with van der Waals surface area (Å²) < 4.78 is 0. The molecule has 0 spiro atoms. The Morgan fingerprint density at radius 1 is 1.00 bits per heavy atom. The summed E-state index contributed by atoms with van der Waals surface area (Å²) >= 11 is 0. The Hall–Kier alpha value is -2.82. The minimum absolute atomic E-state index is 0.0569. The van der Waals surface area contributed by atoms with Crippen LogP contribution in [0.1, 0.15) is 18.1 Å². The fraction of sp³-hybridized carbons (Fsp3) is 0.222. The molecule has 0 saturated carbocycles. The molecule has 0 atom stereocenters. The van der Waals surface area contributed by atoms with Crippen molar-refractivity contribution < 1.29 is 4.79 Å². The maximum absolute atomic E-state index is 12.1. The van der Waals surface area contributed by atoms with Crippen LogP contribution in [0.25, 0.3) is 11.4 Å². The zero-order valence-electron chi connectivity index (χ0n) is 13.0. The van der Waals surface area contributed by atoms with Crippen LogP contribution in [-0.2, 0) is 24.2 Å². The number of hydrogen-bond acceptors (Lipinski definition) is 4. The molecule has 5 heteroatoms. The van der Waals surface area contributed by atoms with E-state index in [1.54, 1.807) is 0 Å². The van der Waals surface area contributed by atoms with E-state index in [9.17, 15) is 4.79 Å². The van der Waals surface area contributed by atoms with Crippen molar-refractivity contribution in [3.05, 3.63) is 65.7 Å². The van der Waals surface area contributed by atoms with E-state index in [1.807, 2.05) is 42.5 Å². The monoisotopic (exact) mass is 306 g/mol. The summed E-state index contributed by atoms with van der Waals surface area (Å²) in [5, 5.41) is 12.3. The first-order chi connectivity index (χ1) is 11.2. The van der Waals surface area contributed by atoms with Crippen LogP contribution in [0, 0.1) is 0 Å². The lowest BCUT2D eigenvalue weighted by atomic mass is 10.1. The van der Waals surface area contributed by atoms with E-state index in [-0.39, 0.29) is 12.3 Å². The zero-order valence-corrected chi connectivity index (χ0v) is 13.0. The molecule has 3 rings (SSSR count). The average Bonchev–Trinajstić information content (AvgIpc) is 3.04. The smallest absolute Gasteiger partial charge is 0.204 e. The number of benzene rings is 2. The Balaban J connectivity index is 1.65. The number of carbonyl (C=O) groups excluding carboxylic acids is 1. The standard InChI is InChI=1S/C18H18N4O/c1-2-14-8-10-16(11-9-14)18-19-21-22(20-18)13-17(23)12-15-6-4-3-5-7-15/h3-11H,2,12-13H2,1H3. The summed E-state index contributed by atoms with van der Waals surface area (Å²) in [5.41, 5.74) is 3.16. The largest absolute Gasteiger partial charge is 0.297 e. The molecule has 0 radical (unpaired) electrons. The number of Topliss-reactive ketones (excluding diaryl/α,β-unsaturated/α-hetero) is 1. The molecule has 0 saturated heterocycles. The highest BCUT2D eigenvalue weighted by molar-refractivity contribution is 5.80. The normalized spacial score (nSPS) is 10.7. The number of carbonyl (C=O) groups is 1. The Bertz CT molecular complexity index is 778.